The molecule has 0 aliphatic carbocycles. The normalized spacial score (nSPS) is 11.2. The van der Waals surface area contributed by atoms with Gasteiger partial charge >= 0.3 is 5.97 Å². The van der Waals surface area contributed by atoms with Crippen LogP contribution < -0.4 is 0 Å². The van der Waals surface area contributed by atoms with Gasteiger partial charge in [-0.3, -0.25) is 0 Å². The first-order valence-electron chi connectivity index (χ1n) is 5.21. The molecule has 0 saturated carbocycles. The highest BCUT2D eigenvalue weighted by Gasteiger charge is 2.16. The molecule has 0 aliphatic heterocycles. The van der Waals surface area contributed by atoms with E-state index in [9.17, 15) is 4.79 Å². The summed E-state index contributed by atoms with van der Waals surface area (Å²) < 4.78 is 1.89. The minimum Gasteiger partial charge on any atom is -0.478 e. The van der Waals surface area contributed by atoms with E-state index in [0.717, 1.165) is 11.2 Å². The van der Waals surface area contributed by atoms with Gasteiger partial charge in [0.25, 0.3) is 0 Å². The molecule has 0 unspecified atom stereocenters. The second-order valence-electron chi connectivity index (χ2n) is 4.23. The lowest BCUT2D eigenvalue weighted by Crippen LogP contribution is -2.00. The molecule has 4 nitrogen and oxygen atoms in total. The van der Waals surface area contributed by atoms with Gasteiger partial charge in [-0.05, 0) is 32.4 Å². The lowest BCUT2D eigenvalue weighted by molar-refractivity contribution is 0.0699. The number of hydrogen-bond donors (Lipinski definition) is 1. The Labute approximate surface area is 93.5 Å². The van der Waals surface area contributed by atoms with E-state index >= 15 is 0 Å². The van der Waals surface area contributed by atoms with E-state index in [1.807, 2.05) is 31.4 Å². The van der Waals surface area contributed by atoms with Crippen LogP contribution in [0, 0.1) is 6.92 Å². The number of hydrogen-bond acceptors (Lipinski definition) is 2. The summed E-state index contributed by atoms with van der Waals surface area (Å²) >= 11 is 0. The van der Waals surface area contributed by atoms with E-state index in [2.05, 4.69) is 4.98 Å². The number of aryl methyl sites for hydroxylation is 1. The van der Waals surface area contributed by atoms with Crippen LogP contribution in [0.1, 0.15) is 35.8 Å². The smallest absolute Gasteiger partial charge is 0.337 e. The number of aromatic carboxylic acids is 1. The average Bonchev–Trinajstić information content (AvgIpc) is 2.56. The van der Waals surface area contributed by atoms with Crippen LogP contribution in [-0.2, 0) is 0 Å². The number of nitrogens with zero attached hydrogens (tertiary/aromatic N) is 2. The Morgan fingerprint density at radius 3 is 2.75 bits per heavy atom. The summed E-state index contributed by atoms with van der Waals surface area (Å²) in [4.78, 5) is 15.4. The molecule has 0 saturated heterocycles. The molecule has 0 bridgehead atoms. The minimum absolute atomic E-state index is 0.200. The first-order valence-corrected chi connectivity index (χ1v) is 5.21. The molecule has 4 heteroatoms. The number of carboxylic acid groups (broad SMARTS) is 1. The number of pyridine rings is 1. The molecule has 0 aromatic carbocycles. The number of aromatic nitrogens is 2. The van der Waals surface area contributed by atoms with Crippen LogP contribution in [0.15, 0.2) is 18.5 Å². The molecule has 0 amide bonds. The summed E-state index contributed by atoms with van der Waals surface area (Å²) in [5, 5.41) is 9.84. The first-order chi connectivity index (χ1) is 7.50. The third-order valence-electron chi connectivity index (χ3n) is 2.59. The molecule has 2 heterocycles. The van der Waals surface area contributed by atoms with Gasteiger partial charge in [-0.15, -0.1) is 0 Å². The number of fused-ring (bicyclic) bond motifs is 1. The zero-order chi connectivity index (χ0) is 11.9. The van der Waals surface area contributed by atoms with Crippen molar-refractivity contribution in [2.75, 3.05) is 0 Å². The van der Waals surface area contributed by atoms with Crippen LogP contribution in [0.3, 0.4) is 0 Å². The number of carbonyl (C=O) groups is 1. The van der Waals surface area contributed by atoms with Crippen molar-refractivity contribution in [2.45, 2.75) is 26.8 Å². The first kappa shape index (κ1) is 10.7. The molecule has 0 radical (unpaired) electrons. The van der Waals surface area contributed by atoms with Gasteiger partial charge in [0.2, 0.25) is 0 Å². The van der Waals surface area contributed by atoms with Crippen LogP contribution >= 0.6 is 0 Å². The third kappa shape index (κ3) is 1.56. The summed E-state index contributed by atoms with van der Waals surface area (Å²) in [6, 6.07) is 2.07. The van der Waals surface area contributed by atoms with E-state index in [1.165, 1.54) is 0 Å². The summed E-state index contributed by atoms with van der Waals surface area (Å²) in [7, 11) is 0. The molecular weight excluding hydrogens is 204 g/mol. The topological polar surface area (TPSA) is 55.1 Å². The maximum absolute atomic E-state index is 11.1. The molecule has 2 rings (SSSR count). The molecule has 0 spiro atoms. The minimum atomic E-state index is -0.906. The summed E-state index contributed by atoms with van der Waals surface area (Å²) in [6.45, 7) is 5.92. The van der Waals surface area contributed by atoms with Crippen LogP contribution in [0.2, 0.25) is 0 Å². The summed E-state index contributed by atoms with van der Waals surface area (Å²) in [6.07, 6.45) is 3.41. The average molecular weight is 218 g/mol. The second-order valence-corrected chi connectivity index (χ2v) is 4.23. The maximum Gasteiger partial charge on any atom is 0.337 e. The Bertz CT molecular complexity index is 555. The SMILES string of the molecule is Cc1cnc2c(c1)c(C(=O)O)cn2C(C)C. The lowest BCUT2D eigenvalue weighted by Gasteiger charge is -2.07. The second kappa shape index (κ2) is 3.63. The van der Waals surface area contributed by atoms with E-state index in [0.29, 0.717) is 10.9 Å². The van der Waals surface area contributed by atoms with Crippen molar-refractivity contribution in [1.82, 2.24) is 9.55 Å². The van der Waals surface area contributed by atoms with E-state index in [4.69, 9.17) is 5.11 Å². The molecule has 84 valence electrons. The predicted octanol–water partition coefficient (Wildman–Crippen LogP) is 2.62. The Morgan fingerprint density at radius 1 is 1.50 bits per heavy atom. The molecule has 2 aromatic heterocycles. The molecule has 0 atom stereocenters. The van der Waals surface area contributed by atoms with Crippen molar-refractivity contribution >= 4 is 17.0 Å². The molecule has 0 fully saturated rings. The molecule has 0 aliphatic rings. The van der Waals surface area contributed by atoms with Crippen LogP contribution in [0.4, 0.5) is 0 Å². The van der Waals surface area contributed by atoms with Crippen molar-refractivity contribution in [3.63, 3.8) is 0 Å². The van der Waals surface area contributed by atoms with Gasteiger partial charge in [0.05, 0.1) is 5.56 Å². The fraction of sp³-hybridized carbons (Fsp3) is 0.333. The Morgan fingerprint density at radius 2 is 2.19 bits per heavy atom. The summed E-state index contributed by atoms with van der Waals surface area (Å²) in [5.41, 5.74) is 2.02. The third-order valence-corrected chi connectivity index (χ3v) is 2.59. The maximum atomic E-state index is 11.1. The van der Waals surface area contributed by atoms with Gasteiger partial charge in [0.15, 0.2) is 0 Å². The molecule has 16 heavy (non-hydrogen) atoms. The van der Waals surface area contributed by atoms with Gasteiger partial charge in [-0.2, -0.15) is 0 Å². The van der Waals surface area contributed by atoms with E-state index in [-0.39, 0.29) is 6.04 Å². The number of rotatable bonds is 2. The predicted molar refractivity (Wildman–Crippen MR) is 61.8 cm³/mol. The highest BCUT2D eigenvalue weighted by molar-refractivity contribution is 6.02. The quantitative estimate of drug-likeness (QED) is 0.843. The Kier molecular flexibility index (Phi) is 2.42. The van der Waals surface area contributed by atoms with Gasteiger partial charge in [0, 0.05) is 23.8 Å². The van der Waals surface area contributed by atoms with Crippen molar-refractivity contribution in [3.05, 3.63) is 29.6 Å². The van der Waals surface area contributed by atoms with Crippen molar-refractivity contribution in [1.29, 1.82) is 0 Å². The molecular formula is C12H14N2O2. The van der Waals surface area contributed by atoms with Gasteiger partial charge in [-0.25, -0.2) is 9.78 Å². The lowest BCUT2D eigenvalue weighted by atomic mass is 10.2. The van der Waals surface area contributed by atoms with Gasteiger partial charge in [0.1, 0.15) is 5.65 Å². The highest BCUT2D eigenvalue weighted by Crippen LogP contribution is 2.23. The fourth-order valence-electron chi connectivity index (χ4n) is 1.80. The highest BCUT2D eigenvalue weighted by atomic mass is 16.4. The fourth-order valence-corrected chi connectivity index (χ4v) is 1.80. The van der Waals surface area contributed by atoms with Gasteiger partial charge in [-0.1, -0.05) is 0 Å². The molecule has 1 N–H and O–H groups in total. The van der Waals surface area contributed by atoms with Gasteiger partial charge < -0.3 is 9.67 Å². The monoisotopic (exact) mass is 218 g/mol. The van der Waals surface area contributed by atoms with Crippen molar-refractivity contribution in [2.24, 2.45) is 0 Å². The van der Waals surface area contributed by atoms with Crippen molar-refractivity contribution < 1.29 is 9.90 Å². The Hall–Kier alpha value is -1.84. The standard InChI is InChI=1S/C12H14N2O2/c1-7(2)14-6-10(12(15)16)9-4-8(3)5-13-11(9)14/h4-7H,1-3H3,(H,15,16). The number of carboxylic acids is 1. The van der Waals surface area contributed by atoms with Crippen LogP contribution in [0.5, 0.6) is 0 Å². The van der Waals surface area contributed by atoms with E-state index in [1.54, 1.807) is 12.4 Å². The van der Waals surface area contributed by atoms with E-state index < -0.39 is 5.97 Å². The van der Waals surface area contributed by atoms with Crippen LogP contribution in [0.25, 0.3) is 11.0 Å². The van der Waals surface area contributed by atoms with Crippen LogP contribution in [-0.4, -0.2) is 20.6 Å². The zero-order valence-electron chi connectivity index (χ0n) is 9.56. The largest absolute Gasteiger partial charge is 0.478 e. The molecule has 2 aromatic rings. The summed E-state index contributed by atoms with van der Waals surface area (Å²) in [5.74, 6) is -0.906. The van der Waals surface area contributed by atoms with Crippen molar-refractivity contribution in [3.8, 4) is 0 Å². The zero-order valence-corrected chi connectivity index (χ0v) is 9.56. The Balaban J connectivity index is 2.81.